The number of nitrogens with one attached hydrogen (secondary N) is 1. The van der Waals surface area contributed by atoms with Crippen molar-refractivity contribution in [1.82, 2.24) is 15.6 Å². The molecule has 3 aromatic carbocycles. The van der Waals surface area contributed by atoms with Gasteiger partial charge in [-0.25, -0.2) is 9.91 Å². The lowest BCUT2D eigenvalue weighted by molar-refractivity contribution is -0.137. The maximum absolute atomic E-state index is 13.6. The molecular weight excluding hydrogens is 494 g/mol. The van der Waals surface area contributed by atoms with Crippen molar-refractivity contribution in [3.8, 4) is 0 Å². The fourth-order valence-corrected chi connectivity index (χ4v) is 4.96. The summed E-state index contributed by atoms with van der Waals surface area (Å²) in [5.41, 5.74) is 5.47. The number of hydrogen-bond donors (Lipinski definition) is 1. The van der Waals surface area contributed by atoms with Crippen molar-refractivity contribution in [1.29, 1.82) is 0 Å². The number of hydrogen-bond acceptors (Lipinski definition) is 8. The van der Waals surface area contributed by atoms with Crippen LogP contribution in [-0.4, -0.2) is 52.9 Å². The number of rotatable bonds is 5. The van der Waals surface area contributed by atoms with Crippen molar-refractivity contribution < 1.29 is 14.4 Å². The number of benzene rings is 3. The van der Waals surface area contributed by atoms with Crippen LogP contribution in [-0.2, 0) is 14.4 Å². The monoisotopic (exact) mass is 515 g/mol. The van der Waals surface area contributed by atoms with Gasteiger partial charge in [0.25, 0.3) is 17.7 Å². The highest BCUT2D eigenvalue weighted by Gasteiger charge is 2.55. The van der Waals surface area contributed by atoms with Gasteiger partial charge in [-0.05, 0) is 42.0 Å². The average Bonchev–Trinajstić information content (AvgIpc) is 3.61. The molecule has 3 amide bonds. The smallest absolute Gasteiger partial charge is 0.263 e. The van der Waals surface area contributed by atoms with E-state index in [2.05, 4.69) is 15.9 Å². The van der Waals surface area contributed by atoms with Gasteiger partial charge >= 0.3 is 0 Å². The SMILES string of the molecule is O=C1[C@@H]2N=NN(CC(=O)N3NN(c4ccccc4)C[C@@H]3c3ccccc3)[C@H]2C(=O)N1c1ccc(Cl)cc1. The number of imide groups is 1. The molecule has 0 unspecified atom stereocenters. The Morgan fingerprint density at radius 2 is 1.57 bits per heavy atom. The van der Waals surface area contributed by atoms with Crippen molar-refractivity contribution in [2.45, 2.75) is 18.1 Å². The van der Waals surface area contributed by atoms with Gasteiger partial charge in [-0.1, -0.05) is 65.4 Å². The number of hydrazine groups is 2. The summed E-state index contributed by atoms with van der Waals surface area (Å²) in [6.07, 6.45) is 0. The standard InChI is InChI=1S/C26H22ClN7O3/c27-18-11-13-20(14-12-18)33-25(36)23-24(26(33)37)32(29-28-23)16-22(35)34-21(17-7-3-1-4-8-17)15-31(30-34)19-9-5-2-6-10-19/h1-14,21,23-24,30H,15-16H2/t21-,23-,24-/m1/s1. The van der Waals surface area contributed by atoms with Gasteiger partial charge in [0.05, 0.1) is 24.0 Å². The van der Waals surface area contributed by atoms with Crippen LogP contribution in [0.5, 0.6) is 0 Å². The van der Waals surface area contributed by atoms with E-state index in [9.17, 15) is 14.4 Å². The van der Waals surface area contributed by atoms with Gasteiger partial charge in [0, 0.05) is 5.02 Å². The third kappa shape index (κ3) is 4.09. The van der Waals surface area contributed by atoms with Crippen LogP contribution >= 0.6 is 11.6 Å². The van der Waals surface area contributed by atoms with Crippen LogP contribution in [0, 0.1) is 0 Å². The number of fused-ring (bicyclic) bond motifs is 1. The van der Waals surface area contributed by atoms with Crippen LogP contribution in [0.25, 0.3) is 0 Å². The van der Waals surface area contributed by atoms with E-state index in [1.54, 1.807) is 29.3 Å². The van der Waals surface area contributed by atoms with E-state index < -0.39 is 23.9 Å². The zero-order valence-electron chi connectivity index (χ0n) is 19.5. The molecule has 10 nitrogen and oxygen atoms in total. The van der Waals surface area contributed by atoms with Crippen molar-refractivity contribution in [3.63, 3.8) is 0 Å². The second-order valence-corrected chi connectivity index (χ2v) is 9.35. The van der Waals surface area contributed by atoms with E-state index >= 15 is 0 Å². The third-order valence-corrected chi connectivity index (χ3v) is 6.91. The first kappa shape index (κ1) is 23.1. The number of carbonyl (C=O) groups is 3. The number of halogens is 1. The lowest BCUT2D eigenvalue weighted by Crippen LogP contribution is -2.50. The van der Waals surface area contributed by atoms with E-state index in [4.69, 9.17) is 11.6 Å². The molecule has 0 radical (unpaired) electrons. The Morgan fingerprint density at radius 1 is 0.892 bits per heavy atom. The molecule has 3 atom stereocenters. The summed E-state index contributed by atoms with van der Waals surface area (Å²) >= 11 is 5.95. The summed E-state index contributed by atoms with van der Waals surface area (Å²) in [5, 5.41) is 13.3. The minimum atomic E-state index is -0.992. The topological polar surface area (TPSA) is 101 Å². The van der Waals surface area contributed by atoms with E-state index in [0.717, 1.165) is 16.2 Å². The average molecular weight is 516 g/mol. The van der Waals surface area contributed by atoms with Gasteiger partial charge in [0.2, 0.25) is 0 Å². The Morgan fingerprint density at radius 3 is 2.27 bits per heavy atom. The van der Waals surface area contributed by atoms with E-state index in [-0.39, 0.29) is 18.5 Å². The molecule has 37 heavy (non-hydrogen) atoms. The van der Waals surface area contributed by atoms with Gasteiger partial charge in [0.1, 0.15) is 6.54 Å². The quantitative estimate of drug-likeness (QED) is 0.524. The Bertz CT molecular complexity index is 1370. The molecule has 11 heteroatoms. The summed E-state index contributed by atoms with van der Waals surface area (Å²) in [5.74, 6) is -1.26. The molecule has 0 saturated carbocycles. The van der Waals surface area contributed by atoms with Crippen LogP contribution in [0.4, 0.5) is 11.4 Å². The second kappa shape index (κ2) is 9.30. The van der Waals surface area contributed by atoms with Crippen LogP contribution < -0.4 is 15.4 Å². The largest absolute Gasteiger partial charge is 0.288 e. The molecule has 0 aliphatic carbocycles. The predicted molar refractivity (Wildman–Crippen MR) is 136 cm³/mol. The summed E-state index contributed by atoms with van der Waals surface area (Å²) in [7, 11) is 0. The summed E-state index contributed by atoms with van der Waals surface area (Å²) in [6.45, 7) is 0.298. The lowest BCUT2D eigenvalue weighted by Gasteiger charge is -2.27. The molecule has 0 bridgehead atoms. The molecule has 2 saturated heterocycles. The Hall–Kier alpha value is -4.28. The summed E-state index contributed by atoms with van der Waals surface area (Å²) in [4.78, 5) is 40.9. The van der Waals surface area contributed by atoms with Gasteiger partial charge < -0.3 is 0 Å². The molecule has 3 aromatic rings. The minimum Gasteiger partial charge on any atom is -0.288 e. The first-order valence-electron chi connectivity index (χ1n) is 11.8. The second-order valence-electron chi connectivity index (χ2n) is 8.92. The minimum absolute atomic E-state index is 0.225. The molecule has 0 spiro atoms. The maximum Gasteiger partial charge on any atom is 0.263 e. The molecule has 6 rings (SSSR count). The maximum atomic E-state index is 13.6. The van der Waals surface area contributed by atoms with Crippen LogP contribution in [0.2, 0.25) is 5.02 Å². The van der Waals surface area contributed by atoms with Crippen molar-refractivity contribution >= 4 is 40.7 Å². The number of anilines is 2. The molecular formula is C26H22ClN7O3. The van der Waals surface area contributed by atoms with E-state index in [1.807, 2.05) is 65.7 Å². The number of para-hydroxylation sites is 1. The zero-order chi connectivity index (χ0) is 25.5. The van der Waals surface area contributed by atoms with Crippen molar-refractivity contribution in [2.75, 3.05) is 23.0 Å². The molecule has 3 aliphatic rings. The molecule has 2 fully saturated rings. The molecule has 1 N–H and O–H groups in total. The van der Waals surface area contributed by atoms with E-state index in [1.165, 1.54) is 5.01 Å². The van der Waals surface area contributed by atoms with Gasteiger partial charge in [-0.2, -0.15) is 5.11 Å². The van der Waals surface area contributed by atoms with Crippen LogP contribution in [0.15, 0.2) is 95.3 Å². The normalized spacial score (nSPS) is 22.8. The fraction of sp³-hybridized carbons (Fsp3) is 0.192. The number of nitrogens with zero attached hydrogens (tertiary/aromatic N) is 6. The predicted octanol–water partition coefficient (Wildman–Crippen LogP) is 3.14. The first-order chi connectivity index (χ1) is 18.0. The van der Waals surface area contributed by atoms with Crippen LogP contribution in [0.1, 0.15) is 11.6 Å². The molecule has 3 heterocycles. The highest BCUT2D eigenvalue weighted by Crippen LogP contribution is 2.33. The van der Waals surface area contributed by atoms with Crippen LogP contribution in [0.3, 0.4) is 0 Å². The van der Waals surface area contributed by atoms with Crippen molar-refractivity contribution in [3.05, 3.63) is 95.5 Å². The Kier molecular flexibility index (Phi) is 5.82. The molecule has 0 aromatic heterocycles. The highest BCUT2D eigenvalue weighted by atomic mass is 35.5. The Balaban J connectivity index is 1.23. The highest BCUT2D eigenvalue weighted by molar-refractivity contribution is 6.31. The third-order valence-electron chi connectivity index (χ3n) is 6.66. The van der Waals surface area contributed by atoms with Crippen molar-refractivity contribution in [2.24, 2.45) is 10.3 Å². The summed E-state index contributed by atoms with van der Waals surface area (Å²) < 4.78 is 0. The number of amides is 3. The fourth-order valence-electron chi connectivity index (χ4n) is 4.84. The van der Waals surface area contributed by atoms with Gasteiger partial charge in [-0.3, -0.25) is 24.4 Å². The lowest BCUT2D eigenvalue weighted by atomic mass is 10.1. The summed E-state index contributed by atoms with van der Waals surface area (Å²) in [6, 6.07) is 23.6. The van der Waals surface area contributed by atoms with Gasteiger partial charge in [-0.15, -0.1) is 5.53 Å². The zero-order valence-corrected chi connectivity index (χ0v) is 20.3. The Labute approximate surface area is 217 Å². The van der Waals surface area contributed by atoms with E-state index in [0.29, 0.717) is 17.3 Å². The van der Waals surface area contributed by atoms with Gasteiger partial charge in [0.15, 0.2) is 12.1 Å². The molecule has 3 aliphatic heterocycles. The first-order valence-corrected chi connectivity index (χ1v) is 12.2. The molecule has 186 valence electrons. The number of carbonyl (C=O) groups excluding carboxylic acids is 3.